The first-order valence-electron chi connectivity index (χ1n) is 9.36. The van der Waals surface area contributed by atoms with E-state index in [1.165, 1.54) is 22.3 Å². The van der Waals surface area contributed by atoms with Gasteiger partial charge in [-0.1, -0.05) is 88.4 Å². The molecule has 2 aromatic rings. The van der Waals surface area contributed by atoms with E-state index in [0.29, 0.717) is 12.0 Å². The van der Waals surface area contributed by atoms with Crippen LogP contribution in [0.3, 0.4) is 0 Å². The Kier molecular flexibility index (Phi) is 12.0. The fourth-order valence-electron chi connectivity index (χ4n) is 2.24. The summed E-state index contributed by atoms with van der Waals surface area (Å²) in [5.74, 6) is 0.152. The van der Waals surface area contributed by atoms with Crippen molar-refractivity contribution in [3.05, 3.63) is 82.9 Å². The number of carbonyl (C=O) groups is 1. The summed E-state index contributed by atoms with van der Waals surface area (Å²) in [6.45, 7) is 15.6. The summed E-state index contributed by atoms with van der Waals surface area (Å²) in [4.78, 5) is 11.6. The number of carbonyl (C=O) groups excluding carboxylic acids is 1. The van der Waals surface area contributed by atoms with Gasteiger partial charge >= 0.3 is 0 Å². The molecule has 25 heavy (non-hydrogen) atoms. The van der Waals surface area contributed by atoms with Crippen molar-refractivity contribution in [3.8, 4) is 0 Å². The molecule has 2 aromatic carbocycles. The lowest BCUT2D eigenvalue weighted by Gasteiger charge is -2.05. The molecule has 0 atom stereocenters. The number of allylic oxidation sites excluding steroid dienone is 1. The predicted octanol–water partition coefficient (Wildman–Crippen LogP) is 6.72. The average Bonchev–Trinajstić information content (AvgIpc) is 2.66. The SMILES string of the molecule is C=C(C)C(=O)CCc1ccc(Cc2ccc(C)cc2)cc1.CC.CC. The van der Waals surface area contributed by atoms with Crippen molar-refractivity contribution >= 4 is 5.78 Å². The Hall–Kier alpha value is -2.15. The molecule has 0 bridgehead atoms. The first-order valence-corrected chi connectivity index (χ1v) is 9.36. The minimum atomic E-state index is 0.152. The first-order chi connectivity index (χ1) is 12.0. The summed E-state index contributed by atoms with van der Waals surface area (Å²) in [6.07, 6.45) is 2.29. The molecule has 0 saturated heterocycles. The standard InChI is InChI=1S/C20H22O.2C2H6/c1-15(2)20(21)13-12-17-8-10-19(11-9-17)14-18-6-4-16(3)5-7-18;2*1-2/h4-11H,1,12-14H2,2-3H3;2*1-2H3. The highest BCUT2D eigenvalue weighted by Gasteiger charge is 2.03. The fraction of sp³-hybridized carbons (Fsp3) is 0.375. The highest BCUT2D eigenvalue weighted by atomic mass is 16.1. The van der Waals surface area contributed by atoms with Crippen molar-refractivity contribution in [1.29, 1.82) is 0 Å². The second kappa shape index (κ2) is 13.2. The molecule has 136 valence electrons. The molecule has 0 aromatic heterocycles. The van der Waals surface area contributed by atoms with Crippen LogP contribution >= 0.6 is 0 Å². The van der Waals surface area contributed by atoms with Gasteiger partial charge in [0.25, 0.3) is 0 Å². The van der Waals surface area contributed by atoms with E-state index in [0.717, 1.165) is 12.8 Å². The van der Waals surface area contributed by atoms with E-state index in [2.05, 4.69) is 62.0 Å². The molecule has 0 heterocycles. The van der Waals surface area contributed by atoms with Crippen LogP contribution in [-0.2, 0) is 17.6 Å². The van der Waals surface area contributed by atoms with Gasteiger partial charge in [-0.05, 0) is 49.0 Å². The van der Waals surface area contributed by atoms with Gasteiger partial charge in [-0.25, -0.2) is 0 Å². The molecule has 0 aliphatic heterocycles. The van der Waals surface area contributed by atoms with Gasteiger partial charge in [0.2, 0.25) is 0 Å². The molecule has 0 aliphatic carbocycles. The number of hydrogen-bond acceptors (Lipinski definition) is 1. The summed E-state index contributed by atoms with van der Waals surface area (Å²) >= 11 is 0. The molecular weight excluding hydrogens is 304 g/mol. The van der Waals surface area contributed by atoms with Gasteiger partial charge in [-0.2, -0.15) is 0 Å². The lowest BCUT2D eigenvalue weighted by molar-refractivity contribution is -0.115. The molecule has 0 spiro atoms. The normalized spacial score (nSPS) is 9.20. The molecule has 1 nitrogen and oxygen atoms in total. The Morgan fingerprint density at radius 1 is 0.800 bits per heavy atom. The minimum absolute atomic E-state index is 0.152. The van der Waals surface area contributed by atoms with Crippen LogP contribution in [0.25, 0.3) is 0 Å². The maximum absolute atomic E-state index is 11.6. The van der Waals surface area contributed by atoms with Crippen LogP contribution in [0.15, 0.2) is 60.7 Å². The average molecular weight is 339 g/mol. The Labute approximate surface area is 154 Å². The van der Waals surface area contributed by atoms with Crippen LogP contribution in [0.1, 0.15) is 63.3 Å². The lowest BCUT2D eigenvalue weighted by Crippen LogP contribution is -2.00. The number of Topliss-reactive ketones (excluding diaryl/α,β-unsaturated/α-hetero) is 1. The quantitative estimate of drug-likeness (QED) is 0.534. The van der Waals surface area contributed by atoms with E-state index in [1.807, 2.05) is 27.7 Å². The van der Waals surface area contributed by atoms with E-state index in [9.17, 15) is 4.79 Å². The fourth-order valence-corrected chi connectivity index (χ4v) is 2.24. The predicted molar refractivity (Wildman–Crippen MR) is 111 cm³/mol. The lowest BCUT2D eigenvalue weighted by atomic mass is 10.00. The van der Waals surface area contributed by atoms with Crippen LogP contribution in [0.4, 0.5) is 0 Å². The molecule has 0 amide bonds. The van der Waals surface area contributed by atoms with E-state index in [4.69, 9.17) is 0 Å². The van der Waals surface area contributed by atoms with Gasteiger partial charge in [0.05, 0.1) is 0 Å². The Bertz CT molecular complexity index is 618. The van der Waals surface area contributed by atoms with Gasteiger partial charge in [-0.3, -0.25) is 4.79 Å². The van der Waals surface area contributed by atoms with Crippen molar-refractivity contribution in [1.82, 2.24) is 0 Å². The van der Waals surface area contributed by atoms with E-state index in [1.54, 1.807) is 6.92 Å². The molecule has 0 N–H and O–H groups in total. The van der Waals surface area contributed by atoms with Crippen molar-refractivity contribution < 1.29 is 4.79 Å². The van der Waals surface area contributed by atoms with Crippen LogP contribution in [-0.4, -0.2) is 5.78 Å². The van der Waals surface area contributed by atoms with Crippen LogP contribution in [0.2, 0.25) is 0 Å². The highest BCUT2D eigenvalue weighted by Crippen LogP contribution is 2.13. The molecule has 0 unspecified atom stereocenters. The molecule has 0 radical (unpaired) electrons. The topological polar surface area (TPSA) is 17.1 Å². The van der Waals surface area contributed by atoms with Gasteiger partial charge in [0, 0.05) is 6.42 Å². The Morgan fingerprint density at radius 2 is 1.20 bits per heavy atom. The molecule has 0 aliphatic rings. The molecule has 0 saturated carbocycles. The second-order valence-corrected chi connectivity index (χ2v) is 5.68. The van der Waals surface area contributed by atoms with Gasteiger partial charge < -0.3 is 0 Å². The molecule has 2 rings (SSSR count). The van der Waals surface area contributed by atoms with Crippen molar-refractivity contribution in [2.45, 2.75) is 60.8 Å². The third-order valence-electron chi connectivity index (χ3n) is 3.67. The van der Waals surface area contributed by atoms with Crippen LogP contribution < -0.4 is 0 Å². The van der Waals surface area contributed by atoms with Crippen molar-refractivity contribution in [2.24, 2.45) is 0 Å². The number of ketones is 1. The van der Waals surface area contributed by atoms with Crippen molar-refractivity contribution in [3.63, 3.8) is 0 Å². The zero-order valence-corrected chi connectivity index (χ0v) is 16.9. The Morgan fingerprint density at radius 3 is 1.64 bits per heavy atom. The highest BCUT2D eigenvalue weighted by molar-refractivity contribution is 5.94. The monoisotopic (exact) mass is 338 g/mol. The number of benzene rings is 2. The van der Waals surface area contributed by atoms with Gasteiger partial charge in [0.15, 0.2) is 5.78 Å². The third-order valence-corrected chi connectivity index (χ3v) is 3.67. The van der Waals surface area contributed by atoms with Gasteiger partial charge in [-0.15, -0.1) is 0 Å². The largest absolute Gasteiger partial charge is 0.295 e. The van der Waals surface area contributed by atoms with Crippen LogP contribution in [0.5, 0.6) is 0 Å². The second-order valence-electron chi connectivity index (χ2n) is 5.68. The van der Waals surface area contributed by atoms with E-state index >= 15 is 0 Å². The maximum Gasteiger partial charge on any atom is 0.158 e. The summed E-state index contributed by atoms with van der Waals surface area (Å²) < 4.78 is 0. The Balaban J connectivity index is 0.00000134. The summed E-state index contributed by atoms with van der Waals surface area (Å²) in [7, 11) is 0. The molecule has 1 heteroatoms. The summed E-state index contributed by atoms with van der Waals surface area (Å²) in [5, 5.41) is 0. The zero-order chi connectivity index (χ0) is 19.2. The minimum Gasteiger partial charge on any atom is -0.295 e. The van der Waals surface area contributed by atoms with E-state index < -0.39 is 0 Å². The van der Waals surface area contributed by atoms with Gasteiger partial charge in [0.1, 0.15) is 0 Å². The first kappa shape index (κ1) is 22.9. The smallest absolute Gasteiger partial charge is 0.158 e. The number of rotatable bonds is 6. The summed E-state index contributed by atoms with van der Waals surface area (Å²) in [6, 6.07) is 17.2. The maximum atomic E-state index is 11.6. The van der Waals surface area contributed by atoms with Crippen molar-refractivity contribution in [2.75, 3.05) is 0 Å². The third kappa shape index (κ3) is 9.05. The zero-order valence-electron chi connectivity index (χ0n) is 16.9. The number of aryl methyl sites for hydroxylation is 2. The molecular formula is C24H34O. The molecule has 0 fully saturated rings. The summed E-state index contributed by atoms with van der Waals surface area (Å²) in [5.41, 5.74) is 5.76. The number of hydrogen-bond donors (Lipinski definition) is 0. The van der Waals surface area contributed by atoms with Crippen LogP contribution in [0, 0.1) is 6.92 Å². The van der Waals surface area contributed by atoms with E-state index in [-0.39, 0.29) is 5.78 Å².